The Morgan fingerprint density at radius 3 is 2.73 bits per heavy atom. The van der Waals surface area contributed by atoms with Gasteiger partial charge in [0, 0.05) is 62.0 Å². The molecule has 1 N–H and O–H groups in total. The van der Waals surface area contributed by atoms with E-state index in [-0.39, 0.29) is 5.56 Å². The van der Waals surface area contributed by atoms with Crippen LogP contribution in [0.4, 0.5) is 5.00 Å². The lowest BCUT2D eigenvalue weighted by Gasteiger charge is -2.35. The van der Waals surface area contributed by atoms with Crippen LogP contribution in [0.5, 0.6) is 0 Å². The number of rotatable bonds is 10. The molecule has 0 radical (unpaired) electrons. The maximum Gasteiger partial charge on any atom is 0.257 e. The number of piperazine rings is 1. The van der Waals surface area contributed by atoms with E-state index in [9.17, 15) is 4.79 Å². The van der Waals surface area contributed by atoms with Gasteiger partial charge in [0.15, 0.2) is 0 Å². The van der Waals surface area contributed by atoms with Crippen molar-refractivity contribution in [2.45, 2.75) is 43.5 Å². The third-order valence-electron chi connectivity index (χ3n) is 6.08. The molecule has 0 spiro atoms. The van der Waals surface area contributed by atoms with Crippen molar-refractivity contribution in [3.8, 4) is 0 Å². The molecular formula is C24H34N6OS2. The number of fused-ring (bicyclic) bond motifs is 1. The minimum atomic E-state index is 0.126. The predicted molar refractivity (Wildman–Crippen MR) is 140 cm³/mol. The number of benzene rings is 1. The molecule has 1 aliphatic rings. The summed E-state index contributed by atoms with van der Waals surface area (Å²) in [5, 5.41) is 6.99. The van der Waals surface area contributed by atoms with Crippen molar-refractivity contribution in [1.82, 2.24) is 24.1 Å². The third kappa shape index (κ3) is 5.77. The van der Waals surface area contributed by atoms with Gasteiger partial charge >= 0.3 is 0 Å². The number of hydrogen-bond acceptors (Lipinski definition) is 8. The number of nitrogens with zero attached hydrogens (tertiary/aromatic N) is 5. The Balaban J connectivity index is 1.36. The van der Waals surface area contributed by atoms with Crippen LogP contribution in [0, 0.1) is 0 Å². The summed E-state index contributed by atoms with van der Waals surface area (Å²) in [6.07, 6.45) is 3.47. The van der Waals surface area contributed by atoms with Crippen LogP contribution in [0.15, 0.2) is 40.4 Å². The van der Waals surface area contributed by atoms with Crippen molar-refractivity contribution in [2.75, 3.05) is 51.2 Å². The second kappa shape index (κ2) is 11.5. The van der Waals surface area contributed by atoms with Gasteiger partial charge in [0.05, 0.1) is 11.8 Å². The van der Waals surface area contributed by atoms with Gasteiger partial charge in [-0.1, -0.05) is 32.4 Å². The Labute approximate surface area is 204 Å². The lowest BCUT2D eigenvalue weighted by molar-refractivity contribution is 0.247. The van der Waals surface area contributed by atoms with Crippen molar-refractivity contribution in [1.29, 1.82) is 0 Å². The van der Waals surface area contributed by atoms with Crippen molar-refractivity contribution in [2.24, 2.45) is 0 Å². The zero-order valence-electron chi connectivity index (χ0n) is 19.8. The molecule has 1 unspecified atom stereocenters. The van der Waals surface area contributed by atoms with Crippen molar-refractivity contribution >= 4 is 39.2 Å². The molecule has 1 aliphatic heterocycles. The second-order valence-corrected chi connectivity index (χ2v) is 10.8. The van der Waals surface area contributed by atoms with Crippen LogP contribution in [-0.4, -0.2) is 70.4 Å². The first-order valence-electron chi connectivity index (χ1n) is 11.8. The lowest BCUT2D eigenvalue weighted by Crippen LogP contribution is -2.47. The van der Waals surface area contributed by atoms with E-state index in [1.54, 1.807) is 34.2 Å². The summed E-state index contributed by atoms with van der Waals surface area (Å²) in [7, 11) is 1.95. The van der Waals surface area contributed by atoms with Crippen LogP contribution in [-0.2, 0) is 13.0 Å². The number of aromatic nitrogens is 3. The Morgan fingerprint density at radius 2 is 1.97 bits per heavy atom. The molecule has 1 atom stereocenters. The number of hydrogen-bond donors (Lipinski definition) is 1. The average molecular weight is 487 g/mol. The molecule has 0 aliphatic carbocycles. The standard InChI is InChI=1S/C24H34N6OS2/c1-4-7-20-22(32-18(2)16-25-3)26-17-30(23(20)31)15-12-28-10-13-29(14-11-28)24-19-8-5-6-9-21(19)27-33-24/h5-6,8-9,17-18,25H,4,7,10-16H2,1-3H3. The van der Waals surface area contributed by atoms with Crippen LogP contribution < -0.4 is 15.8 Å². The molecule has 178 valence electrons. The highest BCUT2D eigenvalue weighted by Crippen LogP contribution is 2.31. The van der Waals surface area contributed by atoms with Gasteiger partial charge in [0.25, 0.3) is 5.56 Å². The fourth-order valence-corrected chi connectivity index (χ4v) is 6.27. The average Bonchev–Trinajstić information content (AvgIpc) is 3.26. The van der Waals surface area contributed by atoms with E-state index in [1.807, 2.05) is 13.1 Å². The molecular weight excluding hydrogens is 452 g/mol. The molecule has 0 bridgehead atoms. The largest absolute Gasteiger partial charge is 0.359 e. The van der Waals surface area contributed by atoms with Crippen LogP contribution in [0.1, 0.15) is 25.8 Å². The van der Waals surface area contributed by atoms with E-state index in [0.717, 1.165) is 68.2 Å². The first-order valence-corrected chi connectivity index (χ1v) is 13.5. The fraction of sp³-hybridized carbons (Fsp3) is 0.542. The first-order chi connectivity index (χ1) is 16.1. The molecule has 3 heterocycles. The van der Waals surface area contributed by atoms with Gasteiger partial charge in [0.1, 0.15) is 10.0 Å². The van der Waals surface area contributed by atoms with Crippen LogP contribution >= 0.6 is 23.3 Å². The highest BCUT2D eigenvalue weighted by Gasteiger charge is 2.21. The second-order valence-electron chi connectivity index (χ2n) is 8.60. The molecule has 4 rings (SSSR count). The molecule has 0 amide bonds. The monoisotopic (exact) mass is 486 g/mol. The van der Waals surface area contributed by atoms with Crippen LogP contribution in [0.3, 0.4) is 0 Å². The Morgan fingerprint density at radius 1 is 1.18 bits per heavy atom. The zero-order chi connectivity index (χ0) is 23.2. The molecule has 0 saturated carbocycles. The number of anilines is 1. The summed E-state index contributed by atoms with van der Waals surface area (Å²) in [5.74, 6) is 0. The highest BCUT2D eigenvalue weighted by atomic mass is 32.2. The summed E-state index contributed by atoms with van der Waals surface area (Å²) in [6.45, 7) is 10.7. The van der Waals surface area contributed by atoms with E-state index in [1.165, 1.54) is 10.4 Å². The maximum atomic E-state index is 13.2. The Bertz CT molecular complexity index is 1110. The predicted octanol–water partition coefficient (Wildman–Crippen LogP) is 3.33. The van der Waals surface area contributed by atoms with E-state index >= 15 is 0 Å². The first kappa shape index (κ1) is 24.2. The fourth-order valence-electron chi connectivity index (χ4n) is 4.29. The van der Waals surface area contributed by atoms with Crippen molar-refractivity contribution in [3.05, 3.63) is 46.5 Å². The molecule has 1 aromatic carbocycles. The van der Waals surface area contributed by atoms with Crippen molar-refractivity contribution < 1.29 is 0 Å². The Kier molecular flexibility index (Phi) is 8.40. The molecule has 3 aromatic rings. The smallest absolute Gasteiger partial charge is 0.257 e. The van der Waals surface area contributed by atoms with E-state index < -0.39 is 0 Å². The topological polar surface area (TPSA) is 66.3 Å². The molecule has 1 fully saturated rings. The number of thioether (sulfide) groups is 1. The van der Waals surface area contributed by atoms with E-state index in [2.05, 4.69) is 56.5 Å². The maximum absolute atomic E-state index is 13.2. The third-order valence-corrected chi connectivity index (χ3v) is 8.16. The minimum absolute atomic E-state index is 0.126. The van der Waals surface area contributed by atoms with Gasteiger partial charge in [-0.2, -0.15) is 4.37 Å². The summed E-state index contributed by atoms with van der Waals surface area (Å²) in [4.78, 5) is 22.8. The molecule has 7 nitrogen and oxygen atoms in total. The molecule has 9 heteroatoms. The van der Waals surface area contributed by atoms with Crippen LogP contribution in [0.2, 0.25) is 0 Å². The van der Waals surface area contributed by atoms with Gasteiger partial charge in [-0.05, 0) is 37.1 Å². The molecule has 2 aromatic heterocycles. The van der Waals surface area contributed by atoms with Gasteiger partial charge in [-0.3, -0.25) is 14.3 Å². The Hall–Kier alpha value is -1.94. The SMILES string of the molecule is CCCc1c(SC(C)CNC)ncn(CCN2CCN(c3snc4ccccc34)CC2)c1=O. The highest BCUT2D eigenvalue weighted by molar-refractivity contribution is 7.99. The summed E-state index contributed by atoms with van der Waals surface area (Å²) in [6, 6.07) is 8.37. The lowest BCUT2D eigenvalue weighted by atomic mass is 10.2. The van der Waals surface area contributed by atoms with E-state index in [4.69, 9.17) is 0 Å². The van der Waals surface area contributed by atoms with Gasteiger partial charge < -0.3 is 10.2 Å². The number of nitrogens with one attached hydrogen (secondary N) is 1. The quantitative estimate of drug-likeness (QED) is 0.348. The van der Waals surface area contributed by atoms with Gasteiger partial charge in [0.2, 0.25) is 0 Å². The summed E-state index contributed by atoms with van der Waals surface area (Å²) in [5.41, 5.74) is 2.08. The summed E-state index contributed by atoms with van der Waals surface area (Å²) >= 11 is 3.29. The molecule has 1 saturated heterocycles. The minimum Gasteiger partial charge on any atom is -0.359 e. The van der Waals surface area contributed by atoms with E-state index in [0.29, 0.717) is 11.8 Å². The van der Waals surface area contributed by atoms with Gasteiger partial charge in [-0.15, -0.1) is 11.8 Å². The molecule has 33 heavy (non-hydrogen) atoms. The summed E-state index contributed by atoms with van der Waals surface area (Å²) < 4.78 is 6.40. The van der Waals surface area contributed by atoms with Crippen LogP contribution in [0.25, 0.3) is 10.9 Å². The normalized spacial score (nSPS) is 15.9. The zero-order valence-corrected chi connectivity index (χ0v) is 21.4. The van der Waals surface area contributed by atoms with Crippen molar-refractivity contribution in [3.63, 3.8) is 0 Å². The van der Waals surface area contributed by atoms with Gasteiger partial charge in [-0.25, -0.2) is 4.98 Å².